The predicted molar refractivity (Wildman–Crippen MR) is 72.4 cm³/mol. The molecule has 112 valence electrons. The number of hydrogen-bond donors (Lipinski definition) is 1. The second-order valence-electron chi connectivity index (χ2n) is 4.50. The second-order valence-corrected chi connectivity index (χ2v) is 4.50. The van der Waals surface area contributed by atoms with Gasteiger partial charge in [0.25, 0.3) is 5.91 Å². The Labute approximate surface area is 122 Å². The van der Waals surface area contributed by atoms with Gasteiger partial charge >= 0.3 is 6.18 Å². The maximum absolute atomic E-state index is 12.4. The van der Waals surface area contributed by atoms with Crippen LogP contribution in [0.25, 0.3) is 5.52 Å². The van der Waals surface area contributed by atoms with Gasteiger partial charge in [-0.15, -0.1) is 0 Å². The maximum Gasteiger partial charge on any atom is 0.433 e. The number of rotatable bonds is 2. The highest BCUT2D eigenvalue weighted by Crippen LogP contribution is 2.27. The van der Waals surface area contributed by atoms with Gasteiger partial charge in [0.1, 0.15) is 5.69 Å². The van der Waals surface area contributed by atoms with Gasteiger partial charge < -0.3 is 5.32 Å². The number of pyridine rings is 2. The highest BCUT2D eigenvalue weighted by atomic mass is 19.4. The number of halogens is 3. The Hall–Kier alpha value is -2.90. The van der Waals surface area contributed by atoms with Crippen molar-refractivity contribution in [3.05, 3.63) is 60.2 Å². The fraction of sp³-hybridized carbons (Fsp3) is 0.0714. The molecule has 0 saturated heterocycles. The van der Waals surface area contributed by atoms with Gasteiger partial charge in [-0.25, -0.2) is 4.52 Å². The Morgan fingerprint density at radius 3 is 2.68 bits per heavy atom. The number of hydrogen-bond acceptors (Lipinski definition) is 3. The minimum absolute atomic E-state index is 0.0429. The Morgan fingerprint density at radius 1 is 1.18 bits per heavy atom. The third-order valence-corrected chi connectivity index (χ3v) is 2.97. The molecule has 5 nitrogen and oxygen atoms in total. The summed E-state index contributed by atoms with van der Waals surface area (Å²) in [6, 6.07) is 6.95. The van der Waals surface area contributed by atoms with E-state index in [2.05, 4.69) is 15.4 Å². The van der Waals surface area contributed by atoms with E-state index in [-0.39, 0.29) is 5.56 Å². The second kappa shape index (κ2) is 5.14. The molecule has 0 unspecified atom stereocenters. The van der Waals surface area contributed by atoms with E-state index in [1.165, 1.54) is 0 Å². The molecular formula is C14H9F3N4O. The summed E-state index contributed by atoms with van der Waals surface area (Å²) in [6.45, 7) is 0. The lowest BCUT2D eigenvalue weighted by atomic mass is 10.2. The van der Waals surface area contributed by atoms with E-state index in [0.29, 0.717) is 5.69 Å². The van der Waals surface area contributed by atoms with Crippen molar-refractivity contribution in [1.82, 2.24) is 14.6 Å². The molecule has 0 spiro atoms. The van der Waals surface area contributed by atoms with Crippen LogP contribution in [-0.4, -0.2) is 20.5 Å². The average molecular weight is 306 g/mol. The van der Waals surface area contributed by atoms with Crippen LogP contribution >= 0.6 is 0 Å². The molecule has 3 aromatic heterocycles. The molecule has 3 rings (SSSR count). The average Bonchev–Trinajstić information content (AvgIpc) is 2.94. The smallest absolute Gasteiger partial charge is 0.322 e. The zero-order valence-electron chi connectivity index (χ0n) is 11.0. The van der Waals surface area contributed by atoms with Gasteiger partial charge in [0.15, 0.2) is 0 Å². The van der Waals surface area contributed by atoms with E-state index >= 15 is 0 Å². The van der Waals surface area contributed by atoms with Crippen LogP contribution in [-0.2, 0) is 6.18 Å². The zero-order chi connectivity index (χ0) is 15.7. The summed E-state index contributed by atoms with van der Waals surface area (Å²) >= 11 is 0. The van der Waals surface area contributed by atoms with E-state index in [4.69, 9.17) is 0 Å². The van der Waals surface area contributed by atoms with Gasteiger partial charge in [-0.1, -0.05) is 0 Å². The van der Waals surface area contributed by atoms with Gasteiger partial charge in [0, 0.05) is 24.3 Å². The number of anilines is 1. The largest absolute Gasteiger partial charge is 0.433 e. The van der Waals surface area contributed by atoms with Gasteiger partial charge in [0.2, 0.25) is 0 Å². The molecule has 0 aliphatic heterocycles. The summed E-state index contributed by atoms with van der Waals surface area (Å²) in [6.07, 6.45) is -0.353. The molecule has 0 fully saturated rings. The number of nitrogens with zero attached hydrogens (tertiary/aromatic N) is 3. The van der Waals surface area contributed by atoms with Crippen molar-refractivity contribution < 1.29 is 18.0 Å². The standard InChI is InChI=1S/C14H9F3N4O/c15-14(16,17)12-2-1-9(8-18-12)13(22)20-10-4-6-21-11(7-10)3-5-19-21/h1-8H,(H,20,22). The molecule has 0 aliphatic carbocycles. The lowest BCUT2D eigenvalue weighted by Gasteiger charge is -2.08. The molecule has 8 heteroatoms. The molecule has 0 saturated carbocycles. The summed E-state index contributed by atoms with van der Waals surface area (Å²) in [5.74, 6) is -0.537. The fourth-order valence-electron chi connectivity index (χ4n) is 1.90. The summed E-state index contributed by atoms with van der Waals surface area (Å²) < 4.78 is 38.9. The van der Waals surface area contributed by atoms with Crippen LogP contribution in [0, 0.1) is 0 Å². The summed E-state index contributed by atoms with van der Waals surface area (Å²) in [7, 11) is 0. The minimum atomic E-state index is -4.53. The number of nitrogens with one attached hydrogen (secondary N) is 1. The predicted octanol–water partition coefficient (Wildman–Crippen LogP) is 3.00. The van der Waals surface area contributed by atoms with Crippen LogP contribution < -0.4 is 5.32 Å². The van der Waals surface area contributed by atoms with E-state index < -0.39 is 17.8 Å². The highest BCUT2D eigenvalue weighted by Gasteiger charge is 2.32. The normalized spacial score (nSPS) is 11.6. The number of carbonyl (C=O) groups is 1. The maximum atomic E-state index is 12.4. The molecule has 0 atom stereocenters. The molecular weight excluding hydrogens is 297 g/mol. The lowest BCUT2D eigenvalue weighted by molar-refractivity contribution is -0.141. The minimum Gasteiger partial charge on any atom is -0.322 e. The number of amides is 1. The molecule has 3 aromatic rings. The summed E-state index contributed by atoms with van der Waals surface area (Å²) in [5, 5.41) is 6.61. The number of aromatic nitrogens is 3. The fourth-order valence-corrected chi connectivity index (χ4v) is 1.90. The van der Waals surface area contributed by atoms with Crippen LogP contribution in [0.4, 0.5) is 18.9 Å². The first-order valence-corrected chi connectivity index (χ1v) is 6.21. The SMILES string of the molecule is O=C(Nc1ccn2nccc2c1)c1ccc(C(F)(F)F)nc1. The summed E-state index contributed by atoms with van der Waals surface area (Å²) in [4.78, 5) is 15.2. The zero-order valence-corrected chi connectivity index (χ0v) is 11.0. The monoisotopic (exact) mass is 306 g/mol. The number of carbonyl (C=O) groups excluding carboxylic acids is 1. The Balaban J connectivity index is 1.78. The molecule has 0 radical (unpaired) electrons. The molecule has 22 heavy (non-hydrogen) atoms. The van der Waals surface area contributed by atoms with E-state index in [9.17, 15) is 18.0 Å². The van der Waals surface area contributed by atoms with Crippen LogP contribution in [0.2, 0.25) is 0 Å². The van der Waals surface area contributed by atoms with Crippen LogP contribution in [0.3, 0.4) is 0 Å². The van der Waals surface area contributed by atoms with Crippen LogP contribution in [0.1, 0.15) is 16.1 Å². The van der Waals surface area contributed by atoms with Crippen molar-refractivity contribution in [1.29, 1.82) is 0 Å². The van der Waals surface area contributed by atoms with Crippen molar-refractivity contribution in [3.63, 3.8) is 0 Å². The number of alkyl halides is 3. The van der Waals surface area contributed by atoms with Gasteiger partial charge in [-0.05, 0) is 30.3 Å². The van der Waals surface area contributed by atoms with Crippen molar-refractivity contribution in [2.45, 2.75) is 6.18 Å². The lowest BCUT2D eigenvalue weighted by Crippen LogP contribution is -2.14. The Kier molecular flexibility index (Phi) is 3.28. The van der Waals surface area contributed by atoms with Gasteiger partial charge in [0.05, 0.1) is 11.1 Å². The first-order valence-electron chi connectivity index (χ1n) is 6.21. The molecule has 3 heterocycles. The number of fused-ring (bicyclic) bond motifs is 1. The Morgan fingerprint density at radius 2 is 2.00 bits per heavy atom. The molecule has 1 amide bonds. The molecule has 1 N–H and O–H groups in total. The van der Waals surface area contributed by atoms with Gasteiger partial charge in [-0.2, -0.15) is 18.3 Å². The van der Waals surface area contributed by atoms with Crippen molar-refractivity contribution >= 4 is 17.1 Å². The van der Waals surface area contributed by atoms with E-state index in [1.807, 2.05) is 0 Å². The quantitative estimate of drug-likeness (QED) is 0.792. The molecule has 0 bridgehead atoms. The van der Waals surface area contributed by atoms with Crippen molar-refractivity contribution in [2.24, 2.45) is 0 Å². The molecule has 0 aliphatic rings. The van der Waals surface area contributed by atoms with Crippen molar-refractivity contribution in [2.75, 3.05) is 5.32 Å². The summed E-state index contributed by atoms with van der Waals surface area (Å²) in [5.41, 5.74) is 0.298. The topological polar surface area (TPSA) is 59.3 Å². The first kappa shape index (κ1) is 14.1. The van der Waals surface area contributed by atoms with Gasteiger partial charge in [-0.3, -0.25) is 9.78 Å². The van der Waals surface area contributed by atoms with E-state index in [0.717, 1.165) is 23.8 Å². The van der Waals surface area contributed by atoms with E-state index in [1.54, 1.807) is 35.1 Å². The highest BCUT2D eigenvalue weighted by molar-refractivity contribution is 6.04. The molecule has 0 aromatic carbocycles. The van der Waals surface area contributed by atoms with Crippen molar-refractivity contribution in [3.8, 4) is 0 Å². The third-order valence-electron chi connectivity index (χ3n) is 2.97. The first-order chi connectivity index (χ1) is 10.4. The van der Waals surface area contributed by atoms with Crippen LogP contribution in [0.15, 0.2) is 48.9 Å². The third kappa shape index (κ3) is 2.76. The Bertz CT molecular complexity index is 824. The van der Waals surface area contributed by atoms with Crippen LogP contribution in [0.5, 0.6) is 0 Å².